The van der Waals surface area contributed by atoms with E-state index in [1.54, 1.807) is 6.92 Å². The third kappa shape index (κ3) is 3.47. The van der Waals surface area contributed by atoms with Gasteiger partial charge in [-0.1, -0.05) is 6.92 Å². The van der Waals surface area contributed by atoms with Gasteiger partial charge in [0.2, 0.25) is 0 Å². The summed E-state index contributed by atoms with van der Waals surface area (Å²) >= 11 is 0. The minimum atomic E-state index is -0.495. The summed E-state index contributed by atoms with van der Waals surface area (Å²) in [5, 5.41) is 15.7. The van der Waals surface area contributed by atoms with E-state index in [0.717, 1.165) is 0 Å². The molecule has 0 aliphatic carbocycles. The van der Waals surface area contributed by atoms with Crippen LogP contribution in [0, 0.1) is 5.41 Å². The zero-order valence-corrected chi connectivity index (χ0v) is 3.12. The molecule has 2 heteroatoms. The second-order valence-corrected chi connectivity index (χ2v) is 0.777. The van der Waals surface area contributed by atoms with E-state index in [9.17, 15) is 5.11 Å². The van der Waals surface area contributed by atoms with Crippen molar-refractivity contribution in [2.45, 2.75) is 13.3 Å². The average molecular weight is 72.1 g/mol. The lowest BCUT2D eigenvalue weighted by molar-refractivity contribution is -0.220. The second kappa shape index (κ2) is 1.76. The fourth-order valence-electron chi connectivity index (χ4n) is 0. The number of nitrogens with one attached hydrogen (secondary N) is 1. The highest BCUT2D eigenvalue weighted by atomic mass is 16.3. The van der Waals surface area contributed by atoms with E-state index < -0.39 is 5.90 Å². The summed E-state index contributed by atoms with van der Waals surface area (Å²) in [6.07, 6.45) is 0.333. The van der Waals surface area contributed by atoms with Crippen molar-refractivity contribution in [2.24, 2.45) is 0 Å². The molecule has 5 heavy (non-hydrogen) atoms. The van der Waals surface area contributed by atoms with Crippen molar-refractivity contribution in [3.8, 4) is 0 Å². The molecular formula is C3H6NO-. The van der Waals surface area contributed by atoms with Gasteiger partial charge in [0.1, 0.15) is 0 Å². The van der Waals surface area contributed by atoms with Gasteiger partial charge in [-0.25, -0.2) is 0 Å². The van der Waals surface area contributed by atoms with E-state index >= 15 is 0 Å². The maximum Gasteiger partial charge on any atom is -0.0283 e. The Morgan fingerprint density at radius 2 is 2.20 bits per heavy atom. The van der Waals surface area contributed by atoms with E-state index in [2.05, 4.69) is 0 Å². The number of hydrogen-bond acceptors (Lipinski definition) is 2. The normalized spacial score (nSPS) is 7.40. The quantitative estimate of drug-likeness (QED) is 0.336. The van der Waals surface area contributed by atoms with Crippen molar-refractivity contribution in [2.75, 3.05) is 0 Å². The molecule has 0 heterocycles. The first-order chi connectivity index (χ1) is 2.27. The van der Waals surface area contributed by atoms with Crippen LogP contribution in [0.1, 0.15) is 13.3 Å². The highest BCUT2D eigenvalue weighted by molar-refractivity contribution is 5.66. The maximum atomic E-state index is 9.48. The van der Waals surface area contributed by atoms with Crippen molar-refractivity contribution in [3.05, 3.63) is 0 Å². The Balaban J connectivity index is 2.85. The highest BCUT2D eigenvalue weighted by Crippen LogP contribution is 1.63. The predicted molar refractivity (Wildman–Crippen MR) is 18.0 cm³/mol. The molecule has 0 fully saturated rings. The topological polar surface area (TPSA) is 46.9 Å². The molecule has 0 aromatic rings. The monoisotopic (exact) mass is 72.0 g/mol. The smallest absolute Gasteiger partial charge is 0.0283 e. The Bertz CT molecular complexity index is 42.2. The van der Waals surface area contributed by atoms with E-state index in [1.165, 1.54) is 0 Å². The van der Waals surface area contributed by atoms with Gasteiger partial charge in [-0.05, 0) is 12.3 Å². The molecule has 0 aliphatic heterocycles. The number of hydrogen-bond donors (Lipinski definition) is 1. The minimum Gasteiger partial charge on any atom is -0.862 e. The van der Waals surface area contributed by atoms with Crippen LogP contribution >= 0.6 is 0 Å². The zero-order valence-electron chi connectivity index (χ0n) is 3.12. The van der Waals surface area contributed by atoms with Crippen molar-refractivity contribution in [1.82, 2.24) is 0 Å². The molecule has 2 nitrogen and oxygen atoms in total. The summed E-state index contributed by atoms with van der Waals surface area (Å²) in [5.74, 6) is -0.495. The lowest BCUT2D eigenvalue weighted by atomic mass is 10.5. The molecule has 0 saturated heterocycles. The van der Waals surface area contributed by atoms with E-state index in [0.29, 0.717) is 6.42 Å². The highest BCUT2D eigenvalue weighted by Gasteiger charge is 1.60. The Hall–Kier alpha value is -0.530. The van der Waals surface area contributed by atoms with Crippen LogP contribution in [0.3, 0.4) is 0 Å². The number of rotatable bonds is 1. The van der Waals surface area contributed by atoms with Crippen LogP contribution in [0.2, 0.25) is 0 Å². The molecule has 0 aliphatic rings. The van der Waals surface area contributed by atoms with Gasteiger partial charge in [0, 0.05) is 0 Å². The van der Waals surface area contributed by atoms with Gasteiger partial charge < -0.3 is 10.5 Å². The van der Waals surface area contributed by atoms with Crippen molar-refractivity contribution >= 4 is 5.90 Å². The van der Waals surface area contributed by atoms with E-state index in [-0.39, 0.29) is 0 Å². The average Bonchev–Trinajstić information content (AvgIpc) is 1.38. The molecular weight excluding hydrogens is 66.0 g/mol. The van der Waals surface area contributed by atoms with Crippen molar-refractivity contribution in [1.29, 1.82) is 5.41 Å². The molecule has 0 radical (unpaired) electrons. The summed E-state index contributed by atoms with van der Waals surface area (Å²) in [7, 11) is 0. The predicted octanol–water partition coefficient (Wildman–Crippen LogP) is -0.266. The third-order valence-electron chi connectivity index (χ3n) is 0.321. The molecule has 0 spiro atoms. The molecule has 0 aromatic carbocycles. The Kier molecular flexibility index (Phi) is 1.57. The van der Waals surface area contributed by atoms with Crippen LogP contribution in [0.15, 0.2) is 0 Å². The van der Waals surface area contributed by atoms with Gasteiger partial charge in [-0.3, -0.25) is 0 Å². The molecule has 30 valence electrons. The molecule has 0 bridgehead atoms. The van der Waals surface area contributed by atoms with Gasteiger partial charge in [-0.2, -0.15) is 0 Å². The first kappa shape index (κ1) is 4.47. The van der Waals surface area contributed by atoms with Crippen LogP contribution < -0.4 is 5.11 Å². The molecule has 1 N–H and O–H groups in total. The van der Waals surface area contributed by atoms with Crippen LogP contribution in [0.25, 0.3) is 0 Å². The first-order valence-electron chi connectivity index (χ1n) is 1.51. The second-order valence-electron chi connectivity index (χ2n) is 0.777. The molecule has 0 atom stereocenters. The minimum absolute atomic E-state index is 0.333. The van der Waals surface area contributed by atoms with Gasteiger partial charge in [0.05, 0.1) is 0 Å². The van der Waals surface area contributed by atoms with E-state index in [4.69, 9.17) is 5.41 Å². The molecule has 0 saturated carbocycles. The lowest BCUT2D eigenvalue weighted by Gasteiger charge is -1.96. The van der Waals surface area contributed by atoms with Crippen LogP contribution in [0.4, 0.5) is 0 Å². The summed E-state index contributed by atoms with van der Waals surface area (Å²) < 4.78 is 0. The summed E-state index contributed by atoms with van der Waals surface area (Å²) in [4.78, 5) is 0. The van der Waals surface area contributed by atoms with Crippen molar-refractivity contribution < 1.29 is 5.11 Å². The Morgan fingerprint density at radius 3 is 2.20 bits per heavy atom. The summed E-state index contributed by atoms with van der Waals surface area (Å²) in [6, 6.07) is 0. The van der Waals surface area contributed by atoms with Gasteiger partial charge in [0.15, 0.2) is 0 Å². The Morgan fingerprint density at radius 1 is 2.00 bits per heavy atom. The Labute approximate surface area is 30.9 Å². The van der Waals surface area contributed by atoms with E-state index in [1.807, 2.05) is 0 Å². The first-order valence-corrected chi connectivity index (χ1v) is 1.51. The largest absolute Gasteiger partial charge is 0.862 e. The van der Waals surface area contributed by atoms with Gasteiger partial charge in [0.25, 0.3) is 0 Å². The van der Waals surface area contributed by atoms with Crippen LogP contribution in [0.5, 0.6) is 0 Å². The zero-order chi connectivity index (χ0) is 4.28. The molecule has 0 amide bonds. The van der Waals surface area contributed by atoms with Gasteiger partial charge in [-0.15, -0.1) is 0 Å². The summed E-state index contributed by atoms with van der Waals surface area (Å²) in [5.41, 5.74) is 0. The third-order valence-corrected chi connectivity index (χ3v) is 0.321. The van der Waals surface area contributed by atoms with Crippen molar-refractivity contribution in [3.63, 3.8) is 0 Å². The molecule has 0 rings (SSSR count). The van der Waals surface area contributed by atoms with Crippen LogP contribution in [-0.2, 0) is 0 Å². The standard InChI is InChI=1S/C3H7NO/c1-2-3(4)5/h2H2,1H3,(H2,4,5)/p-1. The fraction of sp³-hybridized carbons (Fsp3) is 0.667. The maximum absolute atomic E-state index is 9.48. The summed E-state index contributed by atoms with van der Waals surface area (Å²) in [6.45, 7) is 1.66. The molecule has 0 unspecified atom stereocenters. The van der Waals surface area contributed by atoms with Crippen LogP contribution in [-0.4, -0.2) is 5.90 Å². The lowest BCUT2D eigenvalue weighted by Crippen LogP contribution is -2.12. The fourth-order valence-corrected chi connectivity index (χ4v) is 0. The molecule has 0 aromatic heterocycles. The SMILES string of the molecule is CCC(=N)[O-]. The van der Waals surface area contributed by atoms with Gasteiger partial charge >= 0.3 is 0 Å².